The molecule has 0 saturated carbocycles. The van der Waals surface area contributed by atoms with Gasteiger partial charge in [-0.1, -0.05) is 29.4 Å². The van der Waals surface area contributed by atoms with E-state index in [9.17, 15) is 4.79 Å². The molecule has 2 heterocycles. The van der Waals surface area contributed by atoms with Gasteiger partial charge in [-0.2, -0.15) is 4.98 Å². The Morgan fingerprint density at radius 2 is 2.08 bits per heavy atom. The van der Waals surface area contributed by atoms with Crippen LogP contribution in [0.15, 0.2) is 28.8 Å². The maximum atomic E-state index is 12.6. The number of rotatable bonds is 6. The molecule has 1 amide bonds. The van der Waals surface area contributed by atoms with Gasteiger partial charge in [0.05, 0.1) is 12.5 Å². The third kappa shape index (κ3) is 4.12. The average molecular weight is 356 g/mol. The molecule has 140 valence electrons. The van der Waals surface area contributed by atoms with Crippen molar-refractivity contribution in [1.29, 1.82) is 0 Å². The lowest BCUT2D eigenvalue weighted by Gasteiger charge is -2.33. The molecule has 1 aromatic carbocycles. The van der Waals surface area contributed by atoms with E-state index in [1.54, 1.807) is 0 Å². The third-order valence-electron chi connectivity index (χ3n) is 5.14. The van der Waals surface area contributed by atoms with Crippen molar-refractivity contribution < 1.29 is 9.32 Å². The van der Waals surface area contributed by atoms with Crippen molar-refractivity contribution >= 4 is 5.91 Å². The fraction of sp³-hybridized carbons (Fsp3) is 0.550. The van der Waals surface area contributed by atoms with Gasteiger partial charge in [0.25, 0.3) is 0 Å². The van der Waals surface area contributed by atoms with Crippen molar-refractivity contribution in [2.24, 2.45) is 5.92 Å². The second-order valence-corrected chi connectivity index (χ2v) is 6.91. The second kappa shape index (κ2) is 8.45. The molecule has 1 aliphatic rings. The van der Waals surface area contributed by atoms with E-state index in [4.69, 9.17) is 4.52 Å². The van der Waals surface area contributed by atoms with Crippen LogP contribution in [0.2, 0.25) is 0 Å². The van der Waals surface area contributed by atoms with E-state index in [1.165, 1.54) is 0 Å². The number of nitrogens with zero attached hydrogens (tertiary/aromatic N) is 4. The number of carbonyl (C=O) groups is 1. The number of likely N-dealkylation sites (tertiary alicyclic amines) is 1. The van der Waals surface area contributed by atoms with Crippen LogP contribution in [0, 0.1) is 12.8 Å². The number of aryl methyl sites for hydroxylation is 1. The lowest BCUT2D eigenvalue weighted by molar-refractivity contribution is -0.137. The van der Waals surface area contributed by atoms with Crippen molar-refractivity contribution in [3.63, 3.8) is 0 Å². The van der Waals surface area contributed by atoms with Gasteiger partial charge in [0.2, 0.25) is 17.6 Å². The molecule has 1 aliphatic heterocycles. The number of piperidine rings is 1. The minimum Gasteiger partial charge on any atom is -0.343 e. The van der Waals surface area contributed by atoms with Crippen LogP contribution in [0.4, 0.5) is 0 Å². The summed E-state index contributed by atoms with van der Waals surface area (Å²) >= 11 is 0. The van der Waals surface area contributed by atoms with Gasteiger partial charge in [-0.25, -0.2) is 0 Å². The number of hydrogen-bond acceptors (Lipinski definition) is 5. The molecular formula is C20H28N4O2. The molecule has 3 rings (SSSR count). The molecule has 0 radical (unpaired) electrons. The van der Waals surface area contributed by atoms with Gasteiger partial charge in [0.1, 0.15) is 0 Å². The van der Waals surface area contributed by atoms with Crippen molar-refractivity contribution in [1.82, 2.24) is 19.9 Å². The first kappa shape index (κ1) is 18.6. The molecule has 6 nitrogen and oxygen atoms in total. The van der Waals surface area contributed by atoms with Crippen molar-refractivity contribution in [2.75, 3.05) is 26.2 Å². The lowest BCUT2D eigenvalue weighted by Crippen LogP contribution is -2.44. The number of hydrogen-bond donors (Lipinski definition) is 0. The maximum absolute atomic E-state index is 12.6. The zero-order valence-electron chi connectivity index (χ0n) is 15.9. The second-order valence-electron chi connectivity index (χ2n) is 6.91. The van der Waals surface area contributed by atoms with E-state index in [-0.39, 0.29) is 11.8 Å². The van der Waals surface area contributed by atoms with E-state index < -0.39 is 0 Å². The SMILES string of the molecule is CCN(CC)C(=O)C1CCCN(Cc2nc(-c3ccccc3C)no2)C1. The van der Waals surface area contributed by atoms with E-state index in [0.717, 1.165) is 50.1 Å². The molecule has 26 heavy (non-hydrogen) atoms. The summed E-state index contributed by atoms with van der Waals surface area (Å²) in [5.41, 5.74) is 2.12. The van der Waals surface area contributed by atoms with Gasteiger partial charge in [-0.05, 0) is 45.7 Å². The Balaban J connectivity index is 1.64. The largest absolute Gasteiger partial charge is 0.343 e. The molecule has 1 fully saturated rings. The van der Waals surface area contributed by atoms with E-state index >= 15 is 0 Å². The highest BCUT2D eigenvalue weighted by Crippen LogP contribution is 2.23. The Labute approximate surface area is 155 Å². The van der Waals surface area contributed by atoms with Crippen molar-refractivity contribution in [3.8, 4) is 11.4 Å². The van der Waals surface area contributed by atoms with Crippen LogP contribution in [0.5, 0.6) is 0 Å². The smallest absolute Gasteiger partial charge is 0.241 e. The predicted octanol–water partition coefficient (Wildman–Crippen LogP) is 3.13. The topological polar surface area (TPSA) is 62.5 Å². The molecule has 0 bridgehead atoms. The number of amides is 1. The summed E-state index contributed by atoms with van der Waals surface area (Å²) < 4.78 is 5.46. The average Bonchev–Trinajstić information content (AvgIpc) is 3.11. The summed E-state index contributed by atoms with van der Waals surface area (Å²) in [6.07, 6.45) is 1.99. The molecule has 0 aliphatic carbocycles. The lowest BCUT2D eigenvalue weighted by atomic mass is 9.96. The fourth-order valence-electron chi connectivity index (χ4n) is 3.64. The molecular weight excluding hydrogens is 328 g/mol. The minimum atomic E-state index is 0.0717. The predicted molar refractivity (Wildman–Crippen MR) is 100 cm³/mol. The fourth-order valence-corrected chi connectivity index (χ4v) is 3.64. The summed E-state index contributed by atoms with van der Waals surface area (Å²) in [5.74, 6) is 1.58. The Bertz CT molecular complexity index is 739. The zero-order chi connectivity index (χ0) is 18.5. The molecule has 0 spiro atoms. The van der Waals surface area contributed by atoms with Crippen LogP contribution in [-0.2, 0) is 11.3 Å². The Morgan fingerprint density at radius 1 is 1.31 bits per heavy atom. The van der Waals surface area contributed by atoms with Crippen LogP contribution in [0.25, 0.3) is 11.4 Å². The third-order valence-corrected chi connectivity index (χ3v) is 5.14. The van der Waals surface area contributed by atoms with Crippen LogP contribution >= 0.6 is 0 Å². The molecule has 6 heteroatoms. The first-order chi connectivity index (χ1) is 12.6. The molecule has 1 atom stereocenters. The van der Waals surface area contributed by atoms with Crippen LogP contribution in [0.1, 0.15) is 38.1 Å². The van der Waals surface area contributed by atoms with Crippen LogP contribution < -0.4 is 0 Å². The Morgan fingerprint density at radius 3 is 2.81 bits per heavy atom. The van der Waals surface area contributed by atoms with Gasteiger partial charge < -0.3 is 9.42 Å². The Kier molecular flexibility index (Phi) is 6.04. The van der Waals surface area contributed by atoms with Crippen molar-refractivity contribution in [3.05, 3.63) is 35.7 Å². The Hall–Kier alpha value is -2.21. The zero-order valence-corrected chi connectivity index (χ0v) is 15.9. The van der Waals surface area contributed by atoms with E-state index in [1.807, 2.05) is 49.9 Å². The first-order valence-corrected chi connectivity index (χ1v) is 9.52. The quantitative estimate of drug-likeness (QED) is 0.796. The molecule has 1 unspecified atom stereocenters. The van der Waals surface area contributed by atoms with Gasteiger partial charge >= 0.3 is 0 Å². The maximum Gasteiger partial charge on any atom is 0.241 e. The normalized spacial score (nSPS) is 18.0. The highest BCUT2D eigenvalue weighted by molar-refractivity contribution is 5.79. The first-order valence-electron chi connectivity index (χ1n) is 9.52. The van der Waals surface area contributed by atoms with Gasteiger partial charge in [0, 0.05) is 25.2 Å². The molecule has 1 saturated heterocycles. The summed E-state index contributed by atoms with van der Waals surface area (Å²) in [6, 6.07) is 8.02. The standard InChI is InChI=1S/C20H28N4O2/c1-4-24(5-2)20(25)16-10-8-12-23(13-16)14-18-21-19(22-26-18)17-11-7-6-9-15(17)3/h6-7,9,11,16H,4-5,8,10,12-14H2,1-3H3. The van der Waals surface area contributed by atoms with E-state index in [0.29, 0.717) is 18.3 Å². The minimum absolute atomic E-state index is 0.0717. The monoisotopic (exact) mass is 356 g/mol. The van der Waals surface area contributed by atoms with Crippen LogP contribution in [0.3, 0.4) is 0 Å². The van der Waals surface area contributed by atoms with E-state index in [2.05, 4.69) is 15.0 Å². The van der Waals surface area contributed by atoms with Crippen LogP contribution in [-0.4, -0.2) is 52.0 Å². The number of benzene rings is 1. The molecule has 0 N–H and O–H groups in total. The highest BCUT2D eigenvalue weighted by Gasteiger charge is 2.29. The van der Waals surface area contributed by atoms with Gasteiger partial charge in [-0.15, -0.1) is 0 Å². The molecule has 2 aromatic rings. The summed E-state index contributed by atoms with van der Waals surface area (Å²) in [7, 11) is 0. The highest BCUT2D eigenvalue weighted by atomic mass is 16.5. The summed E-state index contributed by atoms with van der Waals surface area (Å²) in [4.78, 5) is 21.4. The number of aromatic nitrogens is 2. The van der Waals surface area contributed by atoms with Gasteiger partial charge in [0.15, 0.2) is 0 Å². The van der Waals surface area contributed by atoms with Gasteiger partial charge in [-0.3, -0.25) is 9.69 Å². The molecule has 1 aromatic heterocycles. The van der Waals surface area contributed by atoms with Crippen molar-refractivity contribution in [2.45, 2.75) is 40.2 Å². The summed E-state index contributed by atoms with van der Waals surface area (Å²) in [5, 5.41) is 4.13. The number of carbonyl (C=O) groups excluding carboxylic acids is 1. The summed E-state index contributed by atoms with van der Waals surface area (Å²) in [6.45, 7) is 9.98.